The van der Waals surface area contributed by atoms with Gasteiger partial charge in [-0.25, -0.2) is 4.79 Å². The highest BCUT2D eigenvalue weighted by Gasteiger charge is 2.23. The highest BCUT2D eigenvalue weighted by Crippen LogP contribution is 2.31. The third-order valence-electron chi connectivity index (χ3n) is 4.66. The predicted octanol–water partition coefficient (Wildman–Crippen LogP) is 2.46. The second kappa shape index (κ2) is 9.41. The normalized spacial score (nSPS) is 14.8. The first-order valence-corrected chi connectivity index (χ1v) is 9.34. The highest BCUT2D eigenvalue weighted by atomic mass is 16.6. The molecule has 0 atom stereocenters. The van der Waals surface area contributed by atoms with E-state index in [1.165, 1.54) is 0 Å². The van der Waals surface area contributed by atoms with E-state index < -0.39 is 0 Å². The van der Waals surface area contributed by atoms with Crippen molar-refractivity contribution in [3.63, 3.8) is 0 Å². The first kappa shape index (κ1) is 19.9. The molecular weight excluding hydrogens is 364 g/mol. The number of rotatable bonds is 7. The van der Waals surface area contributed by atoms with E-state index in [1.54, 1.807) is 31.3 Å². The van der Waals surface area contributed by atoms with E-state index in [0.29, 0.717) is 55.6 Å². The first-order valence-electron chi connectivity index (χ1n) is 9.34. The molecule has 1 fully saturated rings. The number of amides is 1. The van der Waals surface area contributed by atoms with Gasteiger partial charge in [-0.2, -0.15) is 0 Å². The summed E-state index contributed by atoms with van der Waals surface area (Å²) in [5.41, 5.74) is 0.763. The largest absolute Gasteiger partial charge is 0.493 e. The van der Waals surface area contributed by atoms with Crippen LogP contribution < -0.4 is 14.8 Å². The zero-order valence-electron chi connectivity index (χ0n) is 16.4. The zero-order chi connectivity index (χ0) is 19.9. The minimum Gasteiger partial charge on any atom is -0.493 e. The van der Waals surface area contributed by atoms with E-state index in [0.717, 1.165) is 18.4 Å². The van der Waals surface area contributed by atoms with Crippen molar-refractivity contribution in [1.82, 2.24) is 20.4 Å². The number of likely N-dealkylation sites (tertiary alicyclic amines) is 1. The molecule has 2 heterocycles. The van der Waals surface area contributed by atoms with Gasteiger partial charge in [-0.3, -0.25) is 0 Å². The number of carbonyl (C=O) groups is 1. The number of methoxy groups -OCH3 is 2. The Labute approximate surface area is 164 Å². The van der Waals surface area contributed by atoms with E-state index in [4.69, 9.17) is 18.6 Å². The Kier molecular flexibility index (Phi) is 6.70. The van der Waals surface area contributed by atoms with Crippen LogP contribution in [0.4, 0.5) is 4.79 Å². The Hall–Kier alpha value is -2.81. The van der Waals surface area contributed by atoms with Crippen LogP contribution in [0.25, 0.3) is 11.5 Å². The van der Waals surface area contributed by atoms with Crippen molar-refractivity contribution < 1.29 is 23.4 Å². The number of aromatic nitrogens is 2. The van der Waals surface area contributed by atoms with Gasteiger partial charge in [-0.1, -0.05) is 0 Å². The van der Waals surface area contributed by atoms with E-state index in [9.17, 15) is 4.79 Å². The number of nitrogens with one attached hydrogen (secondary N) is 1. The van der Waals surface area contributed by atoms with E-state index in [1.807, 2.05) is 13.0 Å². The number of ether oxygens (including phenoxy) is 3. The fourth-order valence-corrected chi connectivity index (χ4v) is 3.12. The fourth-order valence-electron chi connectivity index (χ4n) is 3.12. The molecule has 0 bridgehead atoms. The second-order valence-corrected chi connectivity index (χ2v) is 6.41. The maximum Gasteiger partial charge on any atom is 0.409 e. The predicted molar refractivity (Wildman–Crippen MR) is 101 cm³/mol. The molecular formula is C19H26N4O5. The third-order valence-corrected chi connectivity index (χ3v) is 4.66. The highest BCUT2D eigenvalue weighted by molar-refractivity contribution is 5.67. The molecule has 152 valence electrons. The summed E-state index contributed by atoms with van der Waals surface area (Å²) in [6, 6.07) is 5.74. The van der Waals surface area contributed by atoms with Crippen LogP contribution in [0.2, 0.25) is 0 Å². The van der Waals surface area contributed by atoms with E-state index >= 15 is 0 Å². The molecule has 0 radical (unpaired) electrons. The summed E-state index contributed by atoms with van der Waals surface area (Å²) in [5.74, 6) is 2.18. The SMILES string of the molecule is CCOC(=O)N1CCC(NCc2nnc(-c3ccc(OC)c(OC)c3)o2)CC1. The molecule has 0 spiro atoms. The Bertz CT molecular complexity index is 786. The Morgan fingerprint density at radius 3 is 2.64 bits per heavy atom. The lowest BCUT2D eigenvalue weighted by Crippen LogP contribution is -2.44. The van der Waals surface area contributed by atoms with Crippen molar-refractivity contribution in [2.24, 2.45) is 0 Å². The number of carbonyl (C=O) groups excluding carboxylic acids is 1. The van der Waals surface area contributed by atoms with Crippen LogP contribution in [0.15, 0.2) is 22.6 Å². The van der Waals surface area contributed by atoms with Gasteiger partial charge in [-0.05, 0) is 38.0 Å². The molecule has 1 N–H and O–H groups in total. The topological polar surface area (TPSA) is 99.0 Å². The van der Waals surface area contributed by atoms with Crippen LogP contribution in [0, 0.1) is 0 Å². The molecule has 2 aromatic rings. The lowest BCUT2D eigenvalue weighted by Gasteiger charge is -2.31. The first-order chi connectivity index (χ1) is 13.6. The van der Waals surface area contributed by atoms with E-state index in [2.05, 4.69) is 15.5 Å². The number of nitrogens with zero attached hydrogens (tertiary/aromatic N) is 3. The third kappa shape index (κ3) is 4.72. The summed E-state index contributed by atoms with van der Waals surface area (Å²) in [7, 11) is 3.17. The molecule has 28 heavy (non-hydrogen) atoms. The lowest BCUT2D eigenvalue weighted by atomic mass is 10.1. The van der Waals surface area contributed by atoms with Crippen molar-refractivity contribution in [1.29, 1.82) is 0 Å². The molecule has 9 heteroatoms. The maximum atomic E-state index is 11.7. The molecule has 1 amide bonds. The van der Waals surface area contributed by atoms with Crippen LogP contribution >= 0.6 is 0 Å². The summed E-state index contributed by atoms with van der Waals surface area (Å²) in [6.45, 7) is 4.04. The van der Waals surface area contributed by atoms with Gasteiger partial charge >= 0.3 is 6.09 Å². The Morgan fingerprint density at radius 2 is 1.96 bits per heavy atom. The van der Waals surface area contributed by atoms with Crippen molar-refractivity contribution in [2.45, 2.75) is 32.4 Å². The van der Waals surface area contributed by atoms with Crippen molar-refractivity contribution in [2.75, 3.05) is 33.9 Å². The molecule has 1 aliphatic rings. The van der Waals surface area contributed by atoms with Crippen LogP contribution in [0.5, 0.6) is 11.5 Å². The molecule has 9 nitrogen and oxygen atoms in total. The molecule has 0 unspecified atom stereocenters. The van der Waals surface area contributed by atoms with Gasteiger partial charge < -0.3 is 28.8 Å². The number of hydrogen-bond donors (Lipinski definition) is 1. The summed E-state index contributed by atoms with van der Waals surface area (Å²) >= 11 is 0. The molecule has 0 saturated carbocycles. The summed E-state index contributed by atoms with van der Waals surface area (Å²) in [4.78, 5) is 13.5. The number of hydrogen-bond acceptors (Lipinski definition) is 8. The van der Waals surface area contributed by atoms with Gasteiger partial charge in [0.05, 0.1) is 27.4 Å². The van der Waals surface area contributed by atoms with Crippen molar-refractivity contribution >= 4 is 6.09 Å². The van der Waals surface area contributed by atoms with Crippen molar-refractivity contribution in [3.05, 3.63) is 24.1 Å². The minimum absolute atomic E-state index is 0.239. The van der Waals surface area contributed by atoms with Gasteiger partial charge in [0, 0.05) is 24.7 Å². The van der Waals surface area contributed by atoms with Gasteiger partial charge in [0.25, 0.3) is 0 Å². The molecule has 1 aromatic heterocycles. The molecule has 0 aliphatic carbocycles. The number of benzene rings is 1. The lowest BCUT2D eigenvalue weighted by molar-refractivity contribution is 0.0948. The molecule has 1 aliphatic heterocycles. The molecule has 1 aromatic carbocycles. The van der Waals surface area contributed by atoms with Gasteiger partial charge in [0.1, 0.15) is 0 Å². The minimum atomic E-state index is -0.239. The summed E-state index contributed by atoms with van der Waals surface area (Å²) in [6.07, 6.45) is 1.47. The molecule has 3 rings (SSSR count). The van der Waals surface area contributed by atoms with Crippen molar-refractivity contribution in [3.8, 4) is 23.0 Å². The van der Waals surface area contributed by atoms with Crippen LogP contribution in [0.3, 0.4) is 0 Å². The quantitative estimate of drug-likeness (QED) is 0.770. The maximum absolute atomic E-state index is 11.7. The number of piperidine rings is 1. The van der Waals surface area contributed by atoms with Crippen LogP contribution in [0.1, 0.15) is 25.7 Å². The zero-order valence-corrected chi connectivity index (χ0v) is 16.4. The molecule has 1 saturated heterocycles. The van der Waals surface area contributed by atoms with Crippen LogP contribution in [-0.4, -0.2) is 61.1 Å². The van der Waals surface area contributed by atoms with E-state index in [-0.39, 0.29) is 6.09 Å². The Balaban J connectivity index is 1.52. The smallest absolute Gasteiger partial charge is 0.409 e. The second-order valence-electron chi connectivity index (χ2n) is 6.41. The van der Waals surface area contributed by atoms with Gasteiger partial charge in [0.15, 0.2) is 11.5 Å². The Morgan fingerprint density at radius 1 is 1.21 bits per heavy atom. The monoisotopic (exact) mass is 390 g/mol. The van der Waals surface area contributed by atoms with Crippen LogP contribution in [-0.2, 0) is 11.3 Å². The average molecular weight is 390 g/mol. The van der Waals surface area contributed by atoms with Gasteiger partial charge in [0.2, 0.25) is 11.8 Å². The summed E-state index contributed by atoms with van der Waals surface area (Å²) in [5, 5.41) is 11.6. The summed E-state index contributed by atoms with van der Waals surface area (Å²) < 4.78 is 21.3. The van der Waals surface area contributed by atoms with Gasteiger partial charge in [-0.15, -0.1) is 10.2 Å². The standard InChI is InChI=1S/C19H26N4O5/c1-4-27-19(24)23-9-7-14(8-10-23)20-12-17-21-22-18(28-17)13-5-6-15(25-2)16(11-13)26-3/h5-6,11,14,20H,4,7-10,12H2,1-3H3. The fraction of sp³-hybridized carbons (Fsp3) is 0.526. The average Bonchev–Trinajstić information content (AvgIpc) is 3.21.